The molecule has 3 amide bonds. The number of carbonyl (C=O) groups excluding carboxylic acids is 3. The van der Waals surface area contributed by atoms with Crippen LogP contribution in [0.3, 0.4) is 0 Å². The summed E-state index contributed by atoms with van der Waals surface area (Å²) >= 11 is 1.52. The van der Waals surface area contributed by atoms with E-state index in [9.17, 15) is 14.4 Å². The molecule has 4 rings (SSSR count). The lowest BCUT2D eigenvalue weighted by Gasteiger charge is -2.29. The number of imide groups is 1. The van der Waals surface area contributed by atoms with Crippen molar-refractivity contribution in [3.8, 4) is 0 Å². The van der Waals surface area contributed by atoms with Gasteiger partial charge < -0.3 is 4.90 Å². The molecule has 0 radical (unpaired) electrons. The van der Waals surface area contributed by atoms with Crippen molar-refractivity contribution < 1.29 is 14.4 Å². The molecule has 1 aromatic heterocycles. The van der Waals surface area contributed by atoms with Crippen molar-refractivity contribution in [3.63, 3.8) is 0 Å². The third kappa shape index (κ3) is 3.30. The minimum Gasteiger partial charge on any atom is -0.343 e. The van der Waals surface area contributed by atoms with E-state index in [1.165, 1.54) is 16.2 Å². The number of likely N-dealkylation sites (tertiary alicyclic amines) is 2. The molecule has 2 saturated heterocycles. The Balaban J connectivity index is 1.67. The van der Waals surface area contributed by atoms with Gasteiger partial charge in [0.05, 0.1) is 12.0 Å². The normalized spacial score (nSPS) is 22.7. The Kier molecular flexibility index (Phi) is 4.83. The van der Waals surface area contributed by atoms with Gasteiger partial charge >= 0.3 is 0 Å². The topological polar surface area (TPSA) is 57.7 Å². The summed E-state index contributed by atoms with van der Waals surface area (Å²) in [6, 6.07) is 13.1. The summed E-state index contributed by atoms with van der Waals surface area (Å²) in [5.74, 6) is -0.485. The van der Waals surface area contributed by atoms with E-state index in [-0.39, 0.29) is 37.1 Å². The van der Waals surface area contributed by atoms with E-state index in [4.69, 9.17) is 0 Å². The standard InChI is InChI=1S/C21H22N2O3S/c24-18(22-10-4-5-11-22)13-21(16-7-2-1-3-8-16)14-19(25)23(20(21)26)15-17-9-6-12-27-17/h1-3,6-9,12H,4-5,10-11,13-15H2. The number of carbonyl (C=O) groups is 3. The zero-order valence-electron chi connectivity index (χ0n) is 15.1. The molecule has 2 fully saturated rings. The molecule has 1 unspecified atom stereocenters. The fraction of sp³-hybridized carbons (Fsp3) is 0.381. The molecule has 0 bridgehead atoms. The second-order valence-electron chi connectivity index (χ2n) is 7.25. The summed E-state index contributed by atoms with van der Waals surface area (Å²) in [4.78, 5) is 43.3. The maximum Gasteiger partial charge on any atom is 0.241 e. The number of rotatable bonds is 5. The van der Waals surface area contributed by atoms with Gasteiger partial charge in [0.2, 0.25) is 17.7 Å². The molecule has 2 aliphatic rings. The van der Waals surface area contributed by atoms with Gasteiger partial charge in [0.15, 0.2) is 0 Å². The van der Waals surface area contributed by atoms with Crippen molar-refractivity contribution in [2.24, 2.45) is 0 Å². The predicted molar refractivity (Wildman–Crippen MR) is 103 cm³/mol. The Hall–Kier alpha value is -2.47. The molecule has 0 aliphatic carbocycles. The number of benzene rings is 1. The molecule has 3 heterocycles. The van der Waals surface area contributed by atoms with Crippen LogP contribution in [-0.2, 0) is 26.3 Å². The molecule has 27 heavy (non-hydrogen) atoms. The highest BCUT2D eigenvalue weighted by molar-refractivity contribution is 7.09. The maximum atomic E-state index is 13.5. The summed E-state index contributed by atoms with van der Waals surface area (Å²) in [7, 11) is 0. The Morgan fingerprint density at radius 3 is 2.44 bits per heavy atom. The number of amides is 3. The van der Waals surface area contributed by atoms with E-state index >= 15 is 0 Å². The number of hydrogen-bond acceptors (Lipinski definition) is 4. The molecule has 1 atom stereocenters. The van der Waals surface area contributed by atoms with E-state index in [0.717, 1.165) is 36.4 Å². The Morgan fingerprint density at radius 1 is 1.04 bits per heavy atom. The average Bonchev–Trinajstić information content (AvgIpc) is 3.42. The van der Waals surface area contributed by atoms with Crippen molar-refractivity contribution in [1.82, 2.24) is 9.80 Å². The summed E-state index contributed by atoms with van der Waals surface area (Å²) in [6.45, 7) is 1.76. The second-order valence-corrected chi connectivity index (χ2v) is 8.29. The zero-order valence-corrected chi connectivity index (χ0v) is 15.9. The van der Waals surface area contributed by atoms with Crippen LogP contribution < -0.4 is 0 Å². The van der Waals surface area contributed by atoms with Gasteiger partial charge in [-0.25, -0.2) is 0 Å². The van der Waals surface area contributed by atoms with Crippen LogP contribution >= 0.6 is 11.3 Å². The Labute approximate surface area is 162 Å². The smallest absolute Gasteiger partial charge is 0.241 e. The summed E-state index contributed by atoms with van der Waals surface area (Å²) in [6.07, 6.45) is 2.12. The lowest BCUT2D eigenvalue weighted by molar-refractivity contribution is -0.143. The molecule has 6 heteroatoms. The largest absolute Gasteiger partial charge is 0.343 e. The van der Waals surface area contributed by atoms with Gasteiger partial charge in [0.1, 0.15) is 0 Å². The quantitative estimate of drug-likeness (QED) is 0.747. The molecule has 2 aromatic rings. The molecule has 2 aliphatic heterocycles. The van der Waals surface area contributed by atoms with Gasteiger partial charge in [-0.05, 0) is 29.9 Å². The van der Waals surface area contributed by atoms with Gasteiger partial charge in [-0.3, -0.25) is 19.3 Å². The fourth-order valence-electron chi connectivity index (χ4n) is 4.08. The SMILES string of the molecule is O=C(CC1(c2ccccc2)CC(=O)N(Cc2cccs2)C1=O)N1CCCC1. The molecular weight excluding hydrogens is 360 g/mol. The summed E-state index contributed by atoms with van der Waals surface area (Å²) in [5.41, 5.74) is -0.334. The highest BCUT2D eigenvalue weighted by Crippen LogP contribution is 2.41. The predicted octanol–water partition coefficient (Wildman–Crippen LogP) is 2.96. The van der Waals surface area contributed by atoms with Crippen molar-refractivity contribution in [2.75, 3.05) is 13.1 Å². The number of thiophene rings is 1. The average molecular weight is 382 g/mol. The zero-order chi connectivity index (χ0) is 18.9. The van der Waals surface area contributed by atoms with Crippen LogP contribution in [0, 0.1) is 0 Å². The second kappa shape index (κ2) is 7.27. The third-order valence-corrected chi connectivity index (χ3v) is 6.40. The first-order valence-corrected chi connectivity index (χ1v) is 10.2. The minimum absolute atomic E-state index is 0.0320. The van der Waals surface area contributed by atoms with Crippen molar-refractivity contribution in [1.29, 1.82) is 0 Å². The third-order valence-electron chi connectivity index (χ3n) is 5.54. The number of hydrogen-bond donors (Lipinski definition) is 0. The molecule has 140 valence electrons. The van der Waals surface area contributed by atoms with Crippen LogP contribution in [0.2, 0.25) is 0 Å². The van der Waals surface area contributed by atoms with Crippen LogP contribution in [-0.4, -0.2) is 40.6 Å². The monoisotopic (exact) mass is 382 g/mol. The van der Waals surface area contributed by atoms with E-state index in [1.54, 1.807) is 0 Å². The maximum absolute atomic E-state index is 13.5. The number of nitrogens with zero attached hydrogens (tertiary/aromatic N) is 2. The Bertz CT molecular complexity index is 844. The van der Waals surface area contributed by atoms with E-state index in [2.05, 4.69) is 0 Å². The van der Waals surface area contributed by atoms with Crippen LogP contribution in [0.1, 0.15) is 36.1 Å². The molecule has 0 saturated carbocycles. The first-order chi connectivity index (χ1) is 13.1. The highest BCUT2D eigenvalue weighted by atomic mass is 32.1. The van der Waals surface area contributed by atoms with Gasteiger partial charge in [-0.1, -0.05) is 36.4 Å². The van der Waals surface area contributed by atoms with E-state index < -0.39 is 5.41 Å². The molecule has 1 aromatic carbocycles. The van der Waals surface area contributed by atoms with Crippen LogP contribution in [0.4, 0.5) is 0 Å². The van der Waals surface area contributed by atoms with Gasteiger partial charge in [-0.2, -0.15) is 0 Å². The first-order valence-electron chi connectivity index (χ1n) is 9.31. The Morgan fingerprint density at radius 2 is 1.78 bits per heavy atom. The molecular formula is C21H22N2O3S. The van der Waals surface area contributed by atoms with Gasteiger partial charge in [0.25, 0.3) is 0 Å². The van der Waals surface area contributed by atoms with E-state index in [1.807, 2.05) is 52.7 Å². The van der Waals surface area contributed by atoms with Crippen LogP contribution in [0.15, 0.2) is 47.8 Å². The highest BCUT2D eigenvalue weighted by Gasteiger charge is 2.54. The lowest BCUT2D eigenvalue weighted by atomic mass is 9.75. The summed E-state index contributed by atoms with van der Waals surface area (Å²) < 4.78 is 0. The fourth-order valence-corrected chi connectivity index (χ4v) is 4.77. The van der Waals surface area contributed by atoms with E-state index in [0.29, 0.717) is 0 Å². The van der Waals surface area contributed by atoms with Crippen molar-refractivity contribution in [2.45, 2.75) is 37.6 Å². The molecule has 5 nitrogen and oxygen atoms in total. The van der Waals surface area contributed by atoms with Gasteiger partial charge in [0, 0.05) is 30.8 Å². The van der Waals surface area contributed by atoms with Crippen LogP contribution in [0.5, 0.6) is 0 Å². The van der Waals surface area contributed by atoms with Crippen LogP contribution in [0.25, 0.3) is 0 Å². The van der Waals surface area contributed by atoms with Crippen molar-refractivity contribution in [3.05, 3.63) is 58.3 Å². The minimum atomic E-state index is -1.09. The molecule has 0 N–H and O–H groups in total. The molecule has 0 spiro atoms. The van der Waals surface area contributed by atoms with Crippen molar-refractivity contribution >= 4 is 29.1 Å². The van der Waals surface area contributed by atoms with Gasteiger partial charge in [-0.15, -0.1) is 11.3 Å². The summed E-state index contributed by atoms with van der Waals surface area (Å²) in [5, 5.41) is 1.93. The lowest BCUT2D eigenvalue weighted by Crippen LogP contribution is -2.42. The first kappa shape index (κ1) is 17.9.